The van der Waals surface area contributed by atoms with Gasteiger partial charge in [-0.1, -0.05) is 178 Å². The van der Waals surface area contributed by atoms with Crippen LogP contribution < -0.4 is 14.0 Å². The van der Waals surface area contributed by atoms with E-state index in [-0.39, 0.29) is 41.3 Å². The molecule has 2 aliphatic heterocycles. The lowest BCUT2D eigenvalue weighted by molar-refractivity contribution is -0.570. The highest BCUT2D eigenvalue weighted by Gasteiger charge is 2.31. The molecule has 0 spiro atoms. The van der Waals surface area contributed by atoms with Gasteiger partial charge in [0, 0.05) is 40.6 Å². The van der Waals surface area contributed by atoms with Crippen LogP contribution in [0.2, 0.25) is 0 Å². The molecule has 3 aliphatic rings. The molecule has 362 valence electrons. The van der Waals surface area contributed by atoms with Crippen LogP contribution in [0.1, 0.15) is 45.2 Å². The van der Waals surface area contributed by atoms with Gasteiger partial charge in [-0.15, -0.1) is 0 Å². The summed E-state index contributed by atoms with van der Waals surface area (Å²) in [4.78, 5) is 4.91. The lowest BCUT2D eigenvalue weighted by Gasteiger charge is -2.21. The van der Waals surface area contributed by atoms with Gasteiger partial charge >= 0.3 is 0 Å². The minimum absolute atomic E-state index is 0.0450. The number of nitrogens with zero attached hydrogens (tertiary/aromatic N) is 4. The van der Waals surface area contributed by atoms with Crippen LogP contribution in [0, 0.1) is 6.33 Å². The van der Waals surface area contributed by atoms with Crippen LogP contribution in [-0.4, -0.2) is 20.2 Å². The number of fused-ring (bicyclic) bond motifs is 13. The van der Waals surface area contributed by atoms with Gasteiger partial charge in [-0.2, -0.15) is 0 Å². The van der Waals surface area contributed by atoms with Crippen molar-refractivity contribution in [3.63, 3.8) is 0 Å². The van der Waals surface area contributed by atoms with Crippen LogP contribution in [0.15, 0.2) is 231 Å². The number of para-hydroxylation sites is 3. The number of hydrogen-bond acceptors (Lipinski definition) is 3. The second kappa shape index (κ2) is 17.0. The minimum atomic E-state index is -0.435. The fourth-order valence-corrected chi connectivity index (χ4v) is 11.8. The lowest BCUT2D eigenvalue weighted by atomic mass is 9.83. The van der Waals surface area contributed by atoms with E-state index < -0.39 is 6.04 Å². The van der Waals surface area contributed by atoms with Crippen LogP contribution in [0.4, 0.5) is 0 Å². The van der Waals surface area contributed by atoms with Gasteiger partial charge in [0.2, 0.25) is 0 Å². The average Bonchev–Trinajstić information content (AvgIpc) is 4.31. The van der Waals surface area contributed by atoms with E-state index in [0.717, 1.165) is 118 Å². The van der Waals surface area contributed by atoms with Gasteiger partial charge in [-0.25, -0.2) is 4.98 Å². The van der Waals surface area contributed by atoms with E-state index in [9.17, 15) is 2.74 Å². The molecule has 6 heteroatoms. The lowest BCUT2D eigenvalue weighted by Crippen LogP contribution is -2.32. The highest BCUT2D eigenvalue weighted by Crippen LogP contribution is 2.50. The molecule has 12 aromatic rings. The first kappa shape index (κ1) is 39.0. The molecule has 3 aromatic heterocycles. The van der Waals surface area contributed by atoms with Gasteiger partial charge in [0.15, 0.2) is 0 Å². The predicted octanol–water partition coefficient (Wildman–Crippen LogP) is 17.0. The van der Waals surface area contributed by atoms with Crippen molar-refractivity contribution in [2.75, 3.05) is 0 Å². The van der Waals surface area contributed by atoms with Crippen LogP contribution >= 0.6 is 0 Å². The van der Waals surface area contributed by atoms with Crippen LogP contribution in [0.3, 0.4) is 0 Å². The Bertz CT molecular complexity index is 4720. The molecular formula is C70H50N4O2. The number of hydrogen-bond donors (Lipinski definition) is 0. The molecule has 1 atom stereocenters. The van der Waals surface area contributed by atoms with E-state index >= 15 is 0 Å². The predicted molar refractivity (Wildman–Crippen MR) is 308 cm³/mol. The van der Waals surface area contributed by atoms with Crippen LogP contribution in [0.25, 0.3) is 111 Å². The first-order valence-corrected chi connectivity index (χ1v) is 25.8. The third-order valence-electron chi connectivity index (χ3n) is 15.3. The standard InChI is InChI=1S/C70H50N4O2/c1-70(2,3)46-37-38-71-66(40-46)74-61-30-11-9-22-53(61)54-35-34-49(42-63(54)74)75-48-20-13-19-47(41-48)72-43-73-68-51(45-33-36-65-60(39-45)55-23-10-12-32-64(55)76-65)26-15-28-59(68)57-27-14-25-50(44-17-5-4-6-18-44)67(57)56-24-8-7-21-52(56)58-29-16-31-62(72)69(58)73/h4-31,33-42,64H,32H2,1-3H3/i4D,5D,6D,17D,18D. The Morgan fingerprint density at radius 3 is 2.25 bits per heavy atom. The molecule has 9 aromatic carbocycles. The number of ether oxygens (including phenoxy) is 2. The Balaban J connectivity index is 0.946. The van der Waals surface area contributed by atoms with E-state index in [1.54, 1.807) is 0 Å². The molecule has 0 radical (unpaired) electrons. The number of pyridine rings is 1. The minimum Gasteiger partial charge on any atom is -0.485 e. The number of allylic oxidation sites excluding steroid dienone is 2. The van der Waals surface area contributed by atoms with E-state index in [1.807, 2.05) is 48.7 Å². The first-order valence-electron chi connectivity index (χ1n) is 28.3. The second-order valence-electron chi connectivity index (χ2n) is 20.8. The summed E-state index contributed by atoms with van der Waals surface area (Å²) in [6.45, 7) is 6.66. The SMILES string of the molecule is [2H]c1c([2H])c([2H])c(-c2cccc3c2-c2ccccc2-c2cccc4c2[n+]([c-]n4-c2cccc(Oc4ccc5c6ccccc6n(-c6cc(C(C)(C)C)ccn6)c5c4)c2)-c2c(-c4ccc5c(c4)C4=CC=CCC4O5)cccc2-3)c([2H])c1[2H]. The molecule has 76 heavy (non-hydrogen) atoms. The summed E-state index contributed by atoms with van der Waals surface area (Å²) in [5.41, 5.74) is 16.6. The second-order valence-corrected chi connectivity index (χ2v) is 20.8. The normalized spacial score (nSPS) is 15.1. The molecule has 0 amide bonds. The zero-order valence-electron chi connectivity index (χ0n) is 46.9. The van der Waals surface area contributed by atoms with Crippen LogP contribution in [0.5, 0.6) is 17.2 Å². The summed E-state index contributed by atoms with van der Waals surface area (Å²) in [5.74, 6) is 3.02. The van der Waals surface area contributed by atoms with E-state index in [1.165, 1.54) is 5.56 Å². The third-order valence-corrected chi connectivity index (χ3v) is 15.3. The molecule has 1 unspecified atom stereocenters. The summed E-state index contributed by atoms with van der Waals surface area (Å²) in [5, 5.41) is 2.24. The maximum atomic E-state index is 9.29. The average molecular weight is 984 g/mol. The highest BCUT2D eigenvalue weighted by molar-refractivity contribution is 6.10. The number of imidazole rings is 1. The molecule has 1 aliphatic carbocycles. The number of rotatable bonds is 6. The van der Waals surface area contributed by atoms with Crippen molar-refractivity contribution in [3.05, 3.63) is 248 Å². The van der Waals surface area contributed by atoms with Crippen LogP contribution in [-0.2, 0) is 5.41 Å². The smallest absolute Gasteiger partial charge is 0.269 e. The monoisotopic (exact) mass is 983 g/mol. The summed E-state index contributed by atoms with van der Waals surface area (Å²) in [6, 6.07) is 58.6. The van der Waals surface area contributed by atoms with Gasteiger partial charge in [-0.05, 0) is 127 Å². The maximum Gasteiger partial charge on any atom is 0.269 e. The molecule has 15 rings (SSSR count). The van der Waals surface area contributed by atoms with Gasteiger partial charge in [0.1, 0.15) is 29.2 Å². The summed E-state index contributed by atoms with van der Waals surface area (Å²) < 4.78 is 64.6. The maximum absolute atomic E-state index is 9.29. The Morgan fingerprint density at radius 2 is 1.36 bits per heavy atom. The van der Waals surface area contributed by atoms with E-state index in [2.05, 4.69) is 192 Å². The molecule has 0 N–H and O–H groups in total. The van der Waals surface area contributed by atoms with Gasteiger partial charge in [0.25, 0.3) is 6.33 Å². The van der Waals surface area contributed by atoms with Gasteiger partial charge in [-0.3, -0.25) is 13.7 Å². The highest BCUT2D eigenvalue weighted by atomic mass is 16.5. The van der Waals surface area contributed by atoms with Crippen molar-refractivity contribution in [2.24, 2.45) is 0 Å². The third kappa shape index (κ3) is 6.94. The molecule has 0 saturated heterocycles. The van der Waals surface area contributed by atoms with Crippen molar-refractivity contribution in [3.8, 4) is 90.1 Å². The van der Waals surface area contributed by atoms with Crippen molar-refractivity contribution >= 4 is 38.4 Å². The van der Waals surface area contributed by atoms with Gasteiger partial charge < -0.3 is 9.47 Å². The molecule has 0 fully saturated rings. The Kier molecular flexibility index (Phi) is 8.74. The van der Waals surface area contributed by atoms with Gasteiger partial charge in [0.05, 0.1) is 40.3 Å². The fourth-order valence-electron chi connectivity index (χ4n) is 11.8. The largest absolute Gasteiger partial charge is 0.485 e. The zero-order chi connectivity index (χ0) is 55.0. The summed E-state index contributed by atoms with van der Waals surface area (Å²) in [7, 11) is 0. The molecule has 0 bridgehead atoms. The number of aromatic nitrogens is 4. The number of benzene rings is 9. The molecule has 5 heterocycles. The van der Waals surface area contributed by atoms with Crippen molar-refractivity contribution in [1.82, 2.24) is 14.1 Å². The molecule has 6 nitrogen and oxygen atoms in total. The Hall–Kier alpha value is -9.52. The van der Waals surface area contributed by atoms with E-state index in [0.29, 0.717) is 17.1 Å². The molecular weight excluding hydrogens is 929 g/mol. The molecule has 0 saturated carbocycles. The fraction of sp³-hybridized carbons (Fsp3) is 0.0857. The summed E-state index contributed by atoms with van der Waals surface area (Å²) >= 11 is 0. The quantitative estimate of drug-likeness (QED) is 0.123. The van der Waals surface area contributed by atoms with E-state index in [4.69, 9.17) is 18.6 Å². The first-order chi connectivity index (χ1) is 39.4. The van der Waals surface area contributed by atoms with Crippen molar-refractivity contribution in [2.45, 2.75) is 38.7 Å². The Labute approximate surface area is 448 Å². The summed E-state index contributed by atoms with van der Waals surface area (Å²) in [6.07, 6.45) is 13.0. The topological polar surface area (TPSA) is 45.1 Å². The Morgan fingerprint density at radius 1 is 0.618 bits per heavy atom. The van der Waals surface area contributed by atoms with Crippen molar-refractivity contribution < 1.29 is 20.9 Å². The van der Waals surface area contributed by atoms with Crippen molar-refractivity contribution in [1.29, 1.82) is 0 Å². The zero-order valence-corrected chi connectivity index (χ0v) is 41.9.